The molecule has 5 aromatic rings. The van der Waals surface area contributed by atoms with Crippen LogP contribution < -0.4 is 10.1 Å². The van der Waals surface area contributed by atoms with Crippen molar-refractivity contribution in [2.24, 2.45) is 0 Å². The number of thiazole rings is 1. The van der Waals surface area contributed by atoms with Crippen molar-refractivity contribution in [1.82, 2.24) is 4.98 Å². The Bertz CT molecular complexity index is 1600. The van der Waals surface area contributed by atoms with Gasteiger partial charge in [-0.1, -0.05) is 59.3 Å². The van der Waals surface area contributed by atoms with E-state index < -0.39 is 0 Å². The van der Waals surface area contributed by atoms with E-state index in [4.69, 9.17) is 21.3 Å². The minimum Gasteiger partial charge on any atom is -0.457 e. The molecule has 2 heterocycles. The Hall–Kier alpha value is -4.22. The van der Waals surface area contributed by atoms with E-state index >= 15 is 0 Å². The Morgan fingerprint density at radius 3 is 2.49 bits per heavy atom. The van der Waals surface area contributed by atoms with E-state index in [2.05, 4.69) is 11.4 Å². The molecule has 0 fully saturated rings. The third-order valence-corrected chi connectivity index (χ3v) is 7.35. The van der Waals surface area contributed by atoms with Crippen LogP contribution in [0, 0.1) is 11.3 Å². The van der Waals surface area contributed by atoms with Crippen molar-refractivity contribution in [3.63, 3.8) is 0 Å². The highest BCUT2D eigenvalue weighted by molar-refractivity contribution is 7.19. The molecule has 3 aromatic carbocycles. The third kappa shape index (κ3) is 5.96. The normalized spacial score (nSPS) is 11.1. The van der Waals surface area contributed by atoms with Gasteiger partial charge in [-0.2, -0.15) is 5.26 Å². The number of ether oxygens (including phenoxy) is 1. The van der Waals surface area contributed by atoms with Gasteiger partial charge in [0.15, 0.2) is 0 Å². The number of benzene rings is 3. The van der Waals surface area contributed by atoms with Crippen molar-refractivity contribution in [3.8, 4) is 28.1 Å². The molecule has 5 nitrogen and oxygen atoms in total. The monoisotopic (exact) mass is 539 g/mol. The number of nitriles is 1. The first-order valence-corrected chi connectivity index (χ1v) is 13.2. The van der Waals surface area contributed by atoms with Crippen LogP contribution in [-0.4, -0.2) is 10.9 Å². The zero-order valence-electron chi connectivity index (χ0n) is 19.2. The number of allylic oxidation sites excluding steroid dienone is 1. The van der Waals surface area contributed by atoms with Crippen LogP contribution in [0.25, 0.3) is 22.2 Å². The molecule has 0 aliphatic carbocycles. The van der Waals surface area contributed by atoms with Crippen molar-refractivity contribution in [2.45, 2.75) is 0 Å². The van der Waals surface area contributed by atoms with Crippen LogP contribution in [0.3, 0.4) is 0 Å². The Morgan fingerprint density at radius 2 is 1.76 bits per heavy atom. The molecule has 0 atom stereocenters. The maximum atomic E-state index is 12.9. The number of anilines is 1. The summed E-state index contributed by atoms with van der Waals surface area (Å²) < 4.78 is 5.93. The van der Waals surface area contributed by atoms with E-state index in [1.54, 1.807) is 30.3 Å². The smallest absolute Gasteiger partial charge is 0.256 e. The molecule has 0 aliphatic heterocycles. The number of hydrogen-bond donors (Lipinski definition) is 1. The molecule has 180 valence electrons. The second-order valence-corrected chi connectivity index (χ2v) is 10.2. The summed E-state index contributed by atoms with van der Waals surface area (Å²) in [4.78, 5) is 18.5. The van der Waals surface area contributed by atoms with Crippen molar-refractivity contribution >= 4 is 56.8 Å². The highest BCUT2D eigenvalue weighted by atomic mass is 35.5. The number of carbonyl (C=O) groups excluding carboxylic acids is 1. The predicted octanol–water partition coefficient (Wildman–Crippen LogP) is 8.63. The first-order valence-electron chi connectivity index (χ1n) is 11.2. The van der Waals surface area contributed by atoms with Crippen molar-refractivity contribution in [1.29, 1.82) is 5.26 Å². The SMILES string of the molecule is N#C/C(=C/c1cccc(Oc2ccccc2)c1)c1nc(-c2cccs2)c(NC(=O)c2ccc(Cl)cc2)s1. The lowest BCUT2D eigenvalue weighted by atomic mass is 10.1. The summed E-state index contributed by atoms with van der Waals surface area (Å²) in [5.41, 5.74) is 2.28. The highest BCUT2D eigenvalue weighted by Gasteiger charge is 2.19. The summed E-state index contributed by atoms with van der Waals surface area (Å²) in [6, 6.07) is 29.8. The molecule has 0 aliphatic rings. The molecule has 0 saturated carbocycles. The molecule has 1 amide bonds. The van der Waals surface area contributed by atoms with Crippen molar-refractivity contribution in [2.75, 3.05) is 5.32 Å². The number of amides is 1. The zero-order chi connectivity index (χ0) is 25.6. The van der Waals surface area contributed by atoms with Crippen LogP contribution in [-0.2, 0) is 0 Å². The molecule has 2 aromatic heterocycles. The summed E-state index contributed by atoms with van der Waals surface area (Å²) in [5.74, 6) is 1.11. The van der Waals surface area contributed by atoms with Gasteiger partial charge >= 0.3 is 0 Å². The number of aromatic nitrogens is 1. The number of carbonyl (C=O) groups is 1. The van der Waals surface area contributed by atoms with Crippen LogP contribution in [0.15, 0.2) is 96.4 Å². The van der Waals surface area contributed by atoms with Gasteiger partial charge in [-0.05, 0) is 71.6 Å². The average Bonchev–Trinajstić information content (AvgIpc) is 3.59. The quantitative estimate of drug-likeness (QED) is 0.210. The molecule has 0 saturated heterocycles. The lowest BCUT2D eigenvalue weighted by molar-refractivity contribution is 0.102. The Labute approximate surface area is 226 Å². The van der Waals surface area contributed by atoms with Crippen LogP contribution in [0.2, 0.25) is 5.02 Å². The van der Waals surface area contributed by atoms with Crippen LogP contribution in [0.1, 0.15) is 20.9 Å². The maximum absolute atomic E-state index is 12.9. The van der Waals surface area contributed by atoms with Crippen molar-refractivity contribution in [3.05, 3.63) is 118 Å². The molecular weight excluding hydrogens is 522 g/mol. The molecule has 0 bridgehead atoms. The van der Waals surface area contributed by atoms with E-state index in [1.807, 2.05) is 72.1 Å². The minimum atomic E-state index is -0.280. The summed E-state index contributed by atoms with van der Waals surface area (Å²) in [6.07, 6.45) is 1.76. The van der Waals surface area contributed by atoms with E-state index in [0.717, 1.165) is 16.2 Å². The Morgan fingerprint density at radius 1 is 0.973 bits per heavy atom. The second-order valence-electron chi connectivity index (χ2n) is 7.79. The van der Waals surface area contributed by atoms with Gasteiger partial charge in [0.25, 0.3) is 5.91 Å². The molecule has 5 rings (SSSR count). The van der Waals surface area contributed by atoms with Gasteiger partial charge in [0.2, 0.25) is 0 Å². The minimum absolute atomic E-state index is 0.280. The van der Waals surface area contributed by atoms with Gasteiger partial charge in [-0.15, -0.1) is 11.3 Å². The molecule has 0 spiro atoms. The number of thiophene rings is 1. The predicted molar refractivity (Wildman–Crippen MR) is 151 cm³/mol. The van der Waals surface area contributed by atoms with Gasteiger partial charge in [-0.3, -0.25) is 4.79 Å². The molecule has 1 N–H and O–H groups in total. The zero-order valence-corrected chi connectivity index (χ0v) is 21.6. The molecule has 8 heteroatoms. The fourth-order valence-electron chi connectivity index (χ4n) is 3.48. The largest absolute Gasteiger partial charge is 0.457 e. The van der Waals surface area contributed by atoms with Crippen LogP contribution >= 0.6 is 34.3 Å². The molecule has 37 heavy (non-hydrogen) atoms. The van der Waals surface area contributed by atoms with Gasteiger partial charge in [0.05, 0.1) is 10.5 Å². The Balaban J connectivity index is 1.46. The maximum Gasteiger partial charge on any atom is 0.256 e. The van der Waals surface area contributed by atoms with E-state index in [1.165, 1.54) is 22.7 Å². The van der Waals surface area contributed by atoms with Gasteiger partial charge in [0, 0.05) is 10.6 Å². The Kier molecular flexibility index (Phi) is 7.43. The number of rotatable bonds is 7. The molecule has 0 unspecified atom stereocenters. The van der Waals surface area contributed by atoms with E-state index in [0.29, 0.717) is 37.6 Å². The highest BCUT2D eigenvalue weighted by Crippen LogP contribution is 2.39. The number of hydrogen-bond acceptors (Lipinski definition) is 6. The summed E-state index contributed by atoms with van der Waals surface area (Å²) in [7, 11) is 0. The van der Waals surface area contributed by atoms with Gasteiger partial charge in [-0.25, -0.2) is 4.98 Å². The summed E-state index contributed by atoms with van der Waals surface area (Å²) in [6.45, 7) is 0. The summed E-state index contributed by atoms with van der Waals surface area (Å²) in [5, 5.41) is 16.5. The topological polar surface area (TPSA) is 75.0 Å². The van der Waals surface area contributed by atoms with Crippen LogP contribution in [0.4, 0.5) is 5.00 Å². The second kappa shape index (κ2) is 11.2. The fraction of sp³-hybridized carbons (Fsp3) is 0. The lowest BCUT2D eigenvalue weighted by Gasteiger charge is -2.06. The van der Waals surface area contributed by atoms with Crippen molar-refractivity contribution < 1.29 is 9.53 Å². The number of nitrogens with zero attached hydrogens (tertiary/aromatic N) is 2. The third-order valence-electron chi connectivity index (χ3n) is 5.21. The molecular formula is C29H18ClN3O2S2. The first-order chi connectivity index (χ1) is 18.1. The lowest BCUT2D eigenvalue weighted by Crippen LogP contribution is -2.11. The number of halogens is 1. The van der Waals surface area contributed by atoms with E-state index in [9.17, 15) is 10.1 Å². The number of nitrogens with one attached hydrogen (secondary N) is 1. The van der Waals surface area contributed by atoms with E-state index in [-0.39, 0.29) is 5.91 Å². The van der Waals surface area contributed by atoms with Crippen LogP contribution in [0.5, 0.6) is 11.5 Å². The van der Waals surface area contributed by atoms with Gasteiger partial charge < -0.3 is 10.1 Å². The fourth-order valence-corrected chi connectivity index (χ4v) is 5.33. The van der Waals surface area contributed by atoms with Gasteiger partial charge in [0.1, 0.15) is 33.3 Å². The molecule has 0 radical (unpaired) electrons. The number of para-hydroxylation sites is 1. The average molecular weight is 540 g/mol. The standard InChI is InChI=1S/C29H18ClN3O2S2/c30-22-13-11-20(12-14-22)27(34)33-29-26(25-10-5-15-36-25)32-28(37-29)21(18-31)16-19-6-4-9-24(17-19)35-23-7-2-1-3-8-23/h1-17H,(H,33,34)/b21-16-. The first kappa shape index (κ1) is 24.5. The summed E-state index contributed by atoms with van der Waals surface area (Å²) >= 11 is 8.73.